The monoisotopic (exact) mass is 265 g/mol. The predicted octanol–water partition coefficient (Wildman–Crippen LogP) is 3.77. The molecule has 0 N–H and O–H groups in total. The van der Waals surface area contributed by atoms with E-state index in [0.717, 1.165) is 30.8 Å². The Bertz CT molecular complexity index is 335. The van der Waals surface area contributed by atoms with Crippen molar-refractivity contribution in [1.82, 2.24) is 4.90 Å². The molecule has 0 spiro atoms. The van der Waals surface area contributed by atoms with E-state index in [1.807, 2.05) is 6.92 Å². The van der Waals surface area contributed by atoms with Crippen LogP contribution >= 0.6 is 11.6 Å². The Labute approximate surface area is 104 Å². The van der Waals surface area contributed by atoms with E-state index < -0.39 is 11.7 Å². The Morgan fingerprint density at radius 2 is 1.76 bits per heavy atom. The highest BCUT2D eigenvalue weighted by Crippen LogP contribution is 2.29. The maximum atomic E-state index is 12.3. The molecule has 0 radical (unpaired) electrons. The van der Waals surface area contributed by atoms with Crippen LogP contribution in [-0.2, 0) is 12.7 Å². The smallest absolute Gasteiger partial charge is 0.298 e. The fourth-order valence-corrected chi connectivity index (χ4v) is 1.76. The van der Waals surface area contributed by atoms with E-state index in [2.05, 4.69) is 4.90 Å². The van der Waals surface area contributed by atoms with Crippen LogP contribution in [0.5, 0.6) is 0 Å². The second kappa shape index (κ2) is 6.26. The molecular weight excluding hydrogens is 251 g/mol. The lowest BCUT2D eigenvalue weighted by atomic mass is 10.1. The molecule has 0 atom stereocenters. The lowest BCUT2D eigenvalue weighted by Gasteiger charge is -2.19. The van der Waals surface area contributed by atoms with E-state index in [9.17, 15) is 13.2 Å². The molecule has 0 aromatic heterocycles. The zero-order chi connectivity index (χ0) is 12.9. The van der Waals surface area contributed by atoms with Crippen LogP contribution in [0.25, 0.3) is 0 Å². The van der Waals surface area contributed by atoms with Gasteiger partial charge in [0.1, 0.15) is 0 Å². The average molecular weight is 266 g/mol. The highest BCUT2D eigenvalue weighted by Gasteiger charge is 2.29. The molecule has 1 aromatic carbocycles. The molecule has 0 heterocycles. The molecule has 96 valence electrons. The van der Waals surface area contributed by atoms with Gasteiger partial charge in [-0.25, -0.2) is 0 Å². The van der Waals surface area contributed by atoms with Gasteiger partial charge in [-0.15, -0.1) is 11.6 Å². The highest BCUT2D eigenvalue weighted by molar-refractivity contribution is 6.18. The lowest BCUT2D eigenvalue weighted by Crippen LogP contribution is -2.24. The van der Waals surface area contributed by atoms with Crippen LogP contribution in [0, 0.1) is 0 Å². The van der Waals surface area contributed by atoms with Crippen LogP contribution in [0.3, 0.4) is 0 Å². The molecule has 0 saturated carbocycles. The van der Waals surface area contributed by atoms with E-state index in [1.165, 1.54) is 12.1 Å². The van der Waals surface area contributed by atoms with Crippen molar-refractivity contribution in [2.24, 2.45) is 0 Å². The quantitative estimate of drug-likeness (QED) is 0.733. The molecule has 5 heteroatoms. The third kappa shape index (κ3) is 4.56. The van der Waals surface area contributed by atoms with Crippen LogP contribution in [0.4, 0.5) is 13.2 Å². The van der Waals surface area contributed by atoms with E-state index in [0.29, 0.717) is 12.4 Å². The van der Waals surface area contributed by atoms with Gasteiger partial charge >= 0.3 is 6.18 Å². The van der Waals surface area contributed by atoms with Crippen molar-refractivity contribution in [1.29, 1.82) is 0 Å². The third-order valence-corrected chi connectivity index (χ3v) is 2.70. The summed E-state index contributed by atoms with van der Waals surface area (Å²) in [5.41, 5.74) is 0.256. The van der Waals surface area contributed by atoms with Gasteiger partial charge in [0, 0.05) is 19.0 Å². The maximum absolute atomic E-state index is 12.3. The Hall–Kier alpha value is -0.740. The third-order valence-electron chi connectivity index (χ3n) is 2.54. The predicted molar refractivity (Wildman–Crippen MR) is 63.1 cm³/mol. The Morgan fingerprint density at radius 3 is 2.18 bits per heavy atom. The number of hydrogen-bond donors (Lipinski definition) is 0. The fourth-order valence-electron chi connectivity index (χ4n) is 1.53. The summed E-state index contributed by atoms with van der Waals surface area (Å²) >= 11 is 5.64. The molecule has 0 bridgehead atoms. The number of benzene rings is 1. The van der Waals surface area contributed by atoms with Gasteiger partial charge in [-0.2, -0.15) is 13.2 Å². The first-order valence-electron chi connectivity index (χ1n) is 5.41. The molecule has 1 rings (SSSR count). The Balaban J connectivity index is 2.68. The van der Waals surface area contributed by atoms with E-state index in [4.69, 9.17) is 11.6 Å². The van der Waals surface area contributed by atoms with Gasteiger partial charge in [-0.05, 0) is 24.2 Å². The summed E-state index contributed by atoms with van der Waals surface area (Å²) in [5.74, 6) is 0.522. The summed E-state index contributed by atoms with van der Waals surface area (Å²) in [6, 6.07) is 5.26. The fraction of sp³-hybridized carbons (Fsp3) is 0.500. The molecule has 0 unspecified atom stereocenters. The van der Waals surface area contributed by atoms with E-state index in [1.54, 1.807) is 0 Å². The minimum Gasteiger partial charge on any atom is -0.298 e. The summed E-state index contributed by atoms with van der Waals surface area (Å²) in [6.07, 6.45) is -4.26. The van der Waals surface area contributed by atoms with E-state index >= 15 is 0 Å². The summed E-state index contributed by atoms with van der Waals surface area (Å²) in [7, 11) is 0. The van der Waals surface area contributed by atoms with Gasteiger partial charge in [0.25, 0.3) is 0 Å². The van der Waals surface area contributed by atoms with Gasteiger partial charge in [0.05, 0.1) is 5.56 Å². The number of alkyl halides is 4. The van der Waals surface area contributed by atoms with Crippen molar-refractivity contribution in [3.05, 3.63) is 35.4 Å². The van der Waals surface area contributed by atoms with Crippen molar-refractivity contribution in [3.63, 3.8) is 0 Å². The van der Waals surface area contributed by atoms with Gasteiger partial charge in [-0.1, -0.05) is 19.1 Å². The summed E-state index contributed by atoms with van der Waals surface area (Å²) in [4.78, 5) is 2.08. The number of halogens is 4. The summed E-state index contributed by atoms with van der Waals surface area (Å²) in [6.45, 7) is 4.19. The van der Waals surface area contributed by atoms with Gasteiger partial charge in [0.2, 0.25) is 0 Å². The normalized spacial score (nSPS) is 12.1. The molecular formula is C12H15ClF3N. The molecule has 1 nitrogen and oxygen atoms in total. The number of rotatable bonds is 5. The molecule has 0 aliphatic carbocycles. The highest BCUT2D eigenvalue weighted by atomic mass is 35.5. The standard InChI is InChI=1S/C12H15ClF3N/c1-2-17(8-7-13)9-10-3-5-11(6-4-10)12(14,15)16/h3-6H,2,7-9H2,1H3. The molecule has 0 aliphatic heterocycles. The summed E-state index contributed by atoms with van der Waals surface area (Å²) < 4.78 is 37.0. The Morgan fingerprint density at radius 1 is 1.18 bits per heavy atom. The Kier molecular flexibility index (Phi) is 5.28. The van der Waals surface area contributed by atoms with Crippen molar-refractivity contribution in [2.45, 2.75) is 19.6 Å². The van der Waals surface area contributed by atoms with Crippen molar-refractivity contribution in [2.75, 3.05) is 19.0 Å². The van der Waals surface area contributed by atoms with Gasteiger partial charge < -0.3 is 0 Å². The molecule has 0 fully saturated rings. The first-order valence-corrected chi connectivity index (χ1v) is 5.95. The van der Waals surface area contributed by atoms with Gasteiger partial charge in [-0.3, -0.25) is 4.90 Å². The van der Waals surface area contributed by atoms with E-state index in [-0.39, 0.29) is 0 Å². The van der Waals surface area contributed by atoms with Crippen LogP contribution in [0.15, 0.2) is 24.3 Å². The largest absolute Gasteiger partial charge is 0.416 e. The van der Waals surface area contributed by atoms with Gasteiger partial charge in [0.15, 0.2) is 0 Å². The minimum absolute atomic E-state index is 0.522. The van der Waals surface area contributed by atoms with Crippen LogP contribution in [0.2, 0.25) is 0 Å². The van der Waals surface area contributed by atoms with Crippen molar-refractivity contribution in [3.8, 4) is 0 Å². The van der Waals surface area contributed by atoms with Crippen LogP contribution in [-0.4, -0.2) is 23.9 Å². The topological polar surface area (TPSA) is 3.24 Å². The molecule has 17 heavy (non-hydrogen) atoms. The molecule has 0 amide bonds. The number of nitrogens with zero attached hydrogens (tertiary/aromatic N) is 1. The molecule has 1 aromatic rings. The average Bonchev–Trinajstić information content (AvgIpc) is 2.28. The zero-order valence-electron chi connectivity index (χ0n) is 9.60. The van der Waals surface area contributed by atoms with Crippen molar-refractivity contribution < 1.29 is 13.2 Å². The van der Waals surface area contributed by atoms with Crippen LogP contribution < -0.4 is 0 Å². The molecule has 0 aliphatic rings. The molecule has 0 saturated heterocycles. The SMILES string of the molecule is CCN(CCCl)Cc1ccc(C(F)(F)F)cc1. The minimum atomic E-state index is -4.26. The van der Waals surface area contributed by atoms with Crippen molar-refractivity contribution >= 4 is 11.6 Å². The second-order valence-corrected chi connectivity index (χ2v) is 4.13. The number of hydrogen-bond acceptors (Lipinski definition) is 1. The maximum Gasteiger partial charge on any atom is 0.416 e. The summed E-state index contributed by atoms with van der Waals surface area (Å²) in [5, 5.41) is 0. The first kappa shape index (κ1) is 14.3. The first-order chi connectivity index (χ1) is 7.97. The second-order valence-electron chi connectivity index (χ2n) is 3.75. The van der Waals surface area contributed by atoms with Crippen LogP contribution in [0.1, 0.15) is 18.1 Å². The zero-order valence-corrected chi connectivity index (χ0v) is 10.4. The lowest BCUT2D eigenvalue weighted by molar-refractivity contribution is -0.137.